The molecule has 29 heavy (non-hydrogen) atoms. The number of nitrogens with one attached hydrogen (secondary N) is 2. The van der Waals surface area contributed by atoms with E-state index in [9.17, 15) is 13.2 Å². The number of aryl methyl sites for hydroxylation is 1. The molecule has 0 unspecified atom stereocenters. The number of carbonyl (C=O) groups excluding carboxylic acids is 1. The van der Waals surface area contributed by atoms with Crippen molar-refractivity contribution in [1.29, 1.82) is 0 Å². The van der Waals surface area contributed by atoms with Crippen LogP contribution in [-0.4, -0.2) is 25.9 Å². The van der Waals surface area contributed by atoms with Crippen molar-refractivity contribution >= 4 is 21.6 Å². The molecule has 0 aliphatic rings. The molecule has 1 aromatic heterocycles. The number of hydrogen-bond acceptors (Lipinski definition) is 4. The van der Waals surface area contributed by atoms with E-state index in [2.05, 4.69) is 15.0 Å². The SMILES string of the molecule is CC(=O)Nc1ccc(-c2ccc(S(=O)(=O)NCCc3cccc(C)n3)cc2)cc1. The molecule has 3 aromatic rings. The van der Waals surface area contributed by atoms with Crippen LogP contribution in [0, 0.1) is 6.92 Å². The Bertz CT molecular complexity index is 1090. The Morgan fingerprint density at radius 3 is 2.14 bits per heavy atom. The van der Waals surface area contributed by atoms with Crippen LogP contribution in [-0.2, 0) is 21.2 Å². The summed E-state index contributed by atoms with van der Waals surface area (Å²) in [4.78, 5) is 15.7. The van der Waals surface area contributed by atoms with E-state index in [1.165, 1.54) is 6.92 Å². The van der Waals surface area contributed by atoms with Gasteiger partial charge in [-0.2, -0.15) is 0 Å². The number of carbonyl (C=O) groups is 1. The van der Waals surface area contributed by atoms with E-state index >= 15 is 0 Å². The number of aromatic nitrogens is 1. The fraction of sp³-hybridized carbons (Fsp3) is 0.182. The van der Waals surface area contributed by atoms with Gasteiger partial charge in [-0.15, -0.1) is 0 Å². The Hall–Kier alpha value is -3.03. The van der Waals surface area contributed by atoms with Gasteiger partial charge in [0.1, 0.15) is 0 Å². The minimum Gasteiger partial charge on any atom is -0.326 e. The fourth-order valence-electron chi connectivity index (χ4n) is 2.91. The van der Waals surface area contributed by atoms with Gasteiger partial charge in [-0.3, -0.25) is 9.78 Å². The third kappa shape index (κ3) is 5.73. The maximum absolute atomic E-state index is 12.5. The number of rotatable bonds is 7. The number of amides is 1. The first-order chi connectivity index (χ1) is 13.8. The molecule has 0 aliphatic carbocycles. The van der Waals surface area contributed by atoms with Crippen LogP contribution in [0.1, 0.15) is 18.3 Å². The van der Waals surface area contributed by atoms with Crippen molar-refractivity contribution in [2.75, 3.05) is 11.9 Å². The Labute approximate surface area is 171 Å². The van der Waals surface area contributed by atoms with Gasteiger partial charge in [-0.25, -0.2) is 13.1 Å². The first-order valence-corrected chi connectivity index (χ1v) is 10.7. The molecule has 2 aromatic carbocycles. The largest absolute Gasteiger partial charge is 0.326 e. The molecule has 0 aliphatic heterocycles. The number of nitrogens with zero attached hydrogens (tertiary/aromatic N) is 1. The van der Waals surface area contributed by atoms with Crippen molar-refractivity contribution in [3.8, 4) is 11.1 Å². The highest BCUT2D eigenvalue weighted by Gasteiger charge is 2.13. The second-order valence-corrected chi connectivity index (χ2v) is 8.47. The van der Waals surface area contributed by atoms with Gasteiger partial charge in [0.2, 0.25) is 15.9 Å². The van der Waals surface area contributed by atoms with Crippen molar-refractivity contribution in [3.05, 3.63) is 78.1 Å². The number of pyridine rings is 1. The van der Waals surface area contributed by atoms with E-state index in [0.29, 0.717) is 12.1 Å². The van der Waals surface area contributed by atoms with E-state index in [-0.39, 0.29) is 17.3 Å². The predicted molar refractivity (Wildman–Crippen MR) is 114 cm³/mol. The molecule has 0 saturated heterocycles. The summed E-state index contributed by atoms with van der Waals surface area (Å²) < 4.78 is 27.6. The average molecular weight is 410 g/mol. The number of sulfonamides is 1. The molecule has 6 nitrogen and oxygen atoms in total. The van der Waals surface area contributed by atoms with E-state index < -0.39 is 10.0 Å². The van der Waals surface area contributed by atoms with Gasteiger partial charge >= 0.3 is 0 Å². The van der Waals surface area contributed by atoms with E-state index in [0.717, 1.165) is 22.5 Å². The van der Waals surface area contributed by atoms with Crippen molar-refractivity contribution in [2.24, 2.45) is 0 Å². The van der Waals surface area contributed by atoms with Crippen LogP contribution in [0.4, 0.5) is 5.69 Å². The quantitative estimate of drug-likeness (QED) is 0.625. The van der Waals surface area contributed by atoms with Crippen LogP contribution < -0.4 is 10.0 Å². The summed E-state index contributed by atoms with van der Waals surface area (Å²) in [6.45, 7) is 3.65. The summed E-state index contributed by atoms with van der Waals surface area (Å²) in [6, 6.07) is 19.8. The molecule has 0 radical (unpaired) electrons. The second kappa shape index (κ2) is 8.98. The molecule has 0 bridgehead atoms. The zero-order valence-electron chi connectivity index (χ0n) is 16.3. The van der Waals surface area contributed by atoms with Crippen LogP contribution in [0.15, 0.2) is 71.6 Å². The zero-order valence-corrected chi connectivity index (χ0v) is 17.2. The van der Waals surface area contributed by atoms with Crippen LogP contribution in [0.5, 0.6) is 0 Å². The van der Waals surface area contributed by atoms with Crippen LogP contribution in [0.3, 0.4) is 0 Å². The molecule has 150 valence electrons. The van der Waals surface area contributed by atoms with Crippen LogP contribution in [0.25, 0.3) is 11.1 Å². The molecular formula is C22H23N3O3S. The van der Waals surface area contributed by atoms with Gasteiger partial charge in [-0.05, 0) is 54.4 Å². The average Bonchev–Trinajstić information content (AvgIpc) is 2.68. The Kier molecular flexibility index (Phi) is 6.41. The first-order valence-electron chi connectivity index (χ1n) is 9.24. The van der Waals surface area contributed by atoms with E-state index in [1.807, 2.05) is 49.4 Å². The topological polar surface area (TPSA) is 88.2 Å². The lowest BCUT2D eigenvalue weighted by molar-refractivity contribution is -0.114. The standard InChI is InChI=1S/C22H23N3O3S/c1-16-4-3-5-20(24-16)14-15-23-29(27,28)22-12-8-19(9-13-22)18-6-10-21(11-7-18)25-17(2)26/h3-13,23H,14-15H2,1-2H3,(H,25,26). The minimum absolute atomic E-state index is 0.127. The molecule has 1 amide bonds. The van der Waals surface area contributed by atoms with Gasteiger partial charge in [0, 0.05) is 37.0 Å². The maximum atomic E-state index is 12.5. The zero-order chi connectivity index (χ0) is 20.9. The van der Waals surface area contributed by atoms with Gasteiger partial charge in [-0.1, -0.05) is 30.3 Å². The molecule has 0 atom stereocenters. The van der Waals surface area contributed by atoms with Gasteiger partial charge in [0.05, 0.1) is 4.90 Å². The summed E-state index contributed by atoms with van der Waals surface area (Å²) in [5.41, 5.74) is 4.30. The summed E-state index contributed by atoms with van der Waals surface area (Å²) in [7, 11) is -3.58. The first kappa shape index (κ1) is 20.7. The molecular weight excluding hydrogens is 386 g/mol. The Morgan fingerprint density at radius 1 is 0.931 bits per heavy atom. The van der Waals surface area contributed by atoms with E-state index in [4.69, 9.17) is 0 Å². The summed E-state index contributed by atoms with van der Waals surface area (Å²) in [5.74, 6) is -0.127. The number of benzene rings is 2. The van der Waals surface area contributed by atoms with Crippen molar-refractivity contribution < 1.29 is 13.2 Å². The molecule has 0 spiro atoms. The van der Waals surface area contributed by atoms with Crippen molar-refractivity contribution in [2.45, 2.75) is 25.2 Å². The second-order valence-electron chi connectivity index (χ2n) is 6.70. The highest BCUT2D eigenvalue weighted by molar-refractivity contribution is 7.89. The monoisotopic (exact) mass is 409 g/mol. The van der Waals surface area contributed by atoms with Gasteiger partial charge in [0.25, 0.3) is 0 Å². The molecule has 3 rings (SSSR count). The Balaban J connectivity index is 1.64. The maximum Gasteiger partial charge on any atom is 0.240 e. The molecule has 0 fully saturated rings. The Morgan fingerprint density at radius 2 is 1.55 bits per heavy atom. The van der Waals surface area contributed by atoms with Gasteiger partial charge < -0.3 is 5.32 Å². The van der Waals surface area contributed by atoms with Gasteiger partial charge in [0.15, 0.2) is 0 Å². The summed E-state index contributed by atoms with van der Waals surface area (Å²) in [6.07, 6.45) is 0.527. The van der Waals surface area contributed by atoms with Crippen molar-refractivity contribution in [3.63, 3.8) is 0 Å². The molecule has 0 saturated carbocycles. The molecule has 2 N–H and O–H groups in total. The lowest BCUT2D eigenvalue weighted by Gasteiger charge is -2.09. The van der Waals surface area contributed by atoms with E-state index in [1.54, 1.807) is 24.3 Å². The number of hydrogen-bond donors (Lipinski definition) is 2. The predicted octanol–water partition coefficient (Wildman–Crippen LogP) is 3.54. The normalized spacial score (nSPS) is 11.2. The fourth-order valence-corrected chi connectivity index (χ4v) is 3.94. The molecule has 7 heteroatoms. The summed E-state index contributed by atoms with van der Waals surface area (Å²) >= 11 is 0. The van der Waals surface area contributed by atoms with Crippen LogP contribution in [0.2, 0.25) is 0 Å². The lowest BCUT2D eigenvalue weighted by atomic mass is 10.1. The third-order valence-corrected chi connectivity index (χ3v) is 5.80. The van der Waals surface area contributed by atoms with Crippen molar-refractivity contribution in [1.82, 2.24) is 9.71 Å². The minimum atomic E-state index is -3.58. The lowest BCUT2D eigenvalue weighted by Crippen LogP contribution is -2.26. The smallest absolute Gasteiger partial charge is 0.240 e. The number of anilines is 1. The molecule has 1 heterocycles. The highest BCUT2D eigenvalue weighted by atomic mass is 32.2. The third-order valence-electron chi connectivity index (χ3n) is 4.32. The van der Waals surface area contributed by atoms with Crippen LogP contribution >= 0.6 is 0 Å². The highest BCUT2D eigenvalue weighted by Crippen LogP contribution is 2.23. The summed E-state index contributed by atoms with van der Waals surface area (Å²) in [5, 5.41) is 2.72.